The highest BCUT2D eigenvalue weighted by Crippen LogP contribution is 2.19. The molecule has 0 unspecified atom stereocenters. The normalized spacial score (nSPS) is 19.4. The Labute approximate surface area is 142 Å². The van der Waals surface area contributed by atoms with Gasteiger partial charge in [0.05, 0.1) is 5.69 Å². The minimum atomic E-state index is -0.467. The van der Waals surface area contributed by atoms with Crippen LogP contribution >= 0.6 is 11.8 Å². The predicted molar refractivity (Wildman–Crippen MR) is 91.5 cm³/mol. The molecule has 0 spiro atoms. The number of rotatable bonds is 4. The fourth-order valence-electron chi connectivity index (χ4n) is 2.64. The fraction of sp³-hybridized carbons (Fsp3) is 0.688. The number of alkyl carbamates (subject to hydrolysis) is 1. The van der Waals surface area contributed by atoms with E-state index in [0.29, 0.717) is 0 Å². The van der Waals surface area contributed by atoms with Gasteiger partial charge in [-0.05, 0) is 46.4 Å². The number of nitrogens with zero attached hydrogens (tertiary/aromatic N) is 3. The van der Waals surface area contributed by atoms with Gasteiger partial charge in [-0.2, -0.15) is 0 Å². The van der Waals surface area contributed by atoms with Crippen molar-refractivity contribution in [3.63, 3.8) is 0 Å². The first kappa shape index (κ1) is 18.0. The Balaban J connectivity index is 1.89. The second kappa shape index (κ2) is 7.97. The highest BCUT2D eigenvalue weighted by Gasteiger charge is 2.24. The molecule has 1 N–H and O–H groups in total. The first-order valence-corrected chi connectivity index (χ1v) is 9.15. The first-order valence-electron chi connectivity index (χ1n) is 7.93. The molecule has 2 heterocycles. The van der Waals surface area contributed by atoms with E-state index in [9.17, 15) is 4.79 Å². The topological polar surface area (TPSA) is 67.4 Å². The van der Waals surface area contributed by atoms with Crippen LogP contribution in [0.2, 0.25) is 0 Å². The number of thioether (sulfide) groups is 1. The molecule has 0 radical (unpaired) electrons. The van der Waals surface area contributed by atoms with Crippen molar-refractivity contribution in [3.8, 4) is 0 Å². The molecule has 1 aromatic rings. The monoisotopic (exact) mass is 338 g/mol. The Kier molecular flexibility index (Phi) is 6.24. The molecule has 0 aliphatic carbocycles. The van der Waals surface area contributed by atoms with Gasteiger partial charge < -0.3 is 10.1 Å². The van der Waals surface area contributed by atoms with Gasteiger partial charge in [0.15, 0.2) is 0 Å². The maximum atomic E-state index is 11.9. The molecule has 0 saturated carbocycles. The molecule has 23 heavy (non-hydrogen) atoms. The summed E-state index contributed by atoms with van der Waals surface area (Å²) < 4.78 is 5.34. The van der Waals surface area contributed by atoms with Crippen molar-refractivity contribution in [1.29, 1.82) is 0 Å². The Morgan fingerprint density at radius 1 is 1.43 bits per heavy atom. The molecule has 1 aliphatic heterocycles. The standard InChI is InChI=1S/C16H26N4O2S/c1-16(2,3)22-15(21)19-12-6-5-9-20(10-12)11-13-14(23-4)18-8-7-17-13/h7-8,12H,5-6,9-11H2,1-4H3,(H,19,21)/t12-/m1/s1. The zero-order valence-electron chi connectivity index (χ0n) is 14.3. The molecule has 0 bridgehead atoms. The van der Waals surface area contributed by atoms with Crippen molar-refractivity contribution >= 4 is 17.9 Å². The number of carbonyl (C=O) groups is 1. The third kappa shape index (κ3) is 5.99. The van der Waals surface area contributed by atoms with Crippen molar-refractivity contribution in [2.75, 3.05) is 19.3 Å². The molecule has 1 fully saturated rings. The number of aromatic nitrogens is 2. The smallest absolute Gasteiger partial charge is 0.407 e. The Bertz CT molecular complexity index is 533. The lowest BCUT2D eigenvalue weighted by Crippen LogP contribution is -2.48. The van der Waals surface area contributed by atoms with Crippen LogP contribution in [0.15, 0.2) is 17.4 Å². The Hall–Kier alpha value is -1.34. The van der Waals surface area contributed by atoms with Crippen LogP contribution in [-0.2, 0) is 11.3 Å². The van der Waals surface area contributed by atoms with Gasteiger partial charge in [0.2, 0.25) is 0 Å². The van der Waals surface area contributed by atoms with E-state index in [0.717, 1.165) is 43.2 Å². The lowest BCUT2D eigenvalue weighted by atomic mass is 10.1. The maximum absolute atomic E-state index is 11.9. The summed E-state index contributed by atoms with van der Waals surface area (Å²) in [7, 11) is 0. The summed E-state index contributed by atoms with van der Waals surface area (Å²) in [5, 5.41) is 3.94. The highest BCUT2D eigenvalue weighted by molar-refractivity contribution is 7.98. The number of likely N-dealkylation sites (tertiary alicyclic amines) is 1. The second-order valence-electron chi connectivity index (χ2n) is 6.73. The van der Waals surface area contributed by atoms with Gasteiger partial charge in [-0.25, -0.2) is 9.78 Å². The van der Waals surface area contributed by atoms with Crippen LogP contribution in [0, 0.1) is 0 Å². The zero-order valence-corrected chi connectivity index (χ0v) is 15.2. The van der Waals surface area contributed by atoms with Gasteiger partial charge in [-0.15, -0.1) is 11.8 Å². The predicted octanol–water partition coefficient (Wildman–Crippen LogP) is 2.69. The molecular formula is C16H26N4O2S. The third-order valence-corrected chi connectivity index (χ3v) is 4.26. The first-order chi connectivity index (χ1) is 10.9. The number of hydrogen-bond acceptors (Lipinski definition) is 6. The number of nitrogens with one attached hydrogen (secondary N) is 1. The van der Waals surface area contributed by atoms with E-state index in [1.165, 1.54) is 0 Å². The number of piperidine rings is 1. The average molecular weight is 338 g/mol. The molecule has 1 aliphatic rings. The van der Waals surface area contributed by atoms with Gasteiger partial charge in [0.25, 0.3) is 0 Å². The van der Waals surface area contributed by atoms with Crippen LogP contribution in [0.4, 0.5) is 4.79 Å². The van der Waals surface area contributed by atoms with Crippen LogP contribution in [-0.4, -0.2) is 51.9 Å². The van der Waals surface area contributed by atoms with Gasteiger partial charge in [0, 0.05) is 31.5 Å². The molecule has 1 saturated heterocycles. The van der Waals surface area contributed by atoms with Crippen LogP contribution < -0.4 is 5.32 Å². The molecule has 2 rings (SSSR count). The summed E-state index contributed by atoms with van der Waals surface area (Å²) in [6.07, 6.45) is 7.15. The Morgan fingerprint density at radius 2 is 2.17 bits per heavy atom. The summed E-state index contributed by atoms with van der Waals surface area (Å²) >= 11 is 1.61. The van der Waals surface area contributed by atoms with Crippen molar-refractivity contribution in [1.82, 2.24) is 20.2 Å². The Morgan fingerprint density at radius 3 is 2.87 bits per heavy atom. The van der Waals surface area contributed by atoms with E-state index < -0.39 is 5.60 Å². The third-order valence-electron chi connectivity index (χ3n) is 3.53. The fourth-order valence-corrected chi connectivity index (χ4v) is 3.16. The molecular weight excluding hydrogens is 312 g/mol. The summed E-state index contributed by atoms with van der Waals surface area (Å²) in [5.74, 6) is 0. The van der Waals surface area contributed by atoms with E-state index in [1.807, 2.05) is 27.0 Å². The molecule has 0 aromatic carbocycles. The summed E-state index contributed by atoms with van der Waals surface area (Å²) in [4.78, 5) is 23.0. The quantitative estimate of drug-likeness (QED) is 0.852. The number of hydrogen-bond donors (Lipinski definition) is 1. The minimum absolute atomic E-state index is 0.119. The number of ether oxygens (including phenoxy) is 1. The maximum Gasteiger partial charge on any atom is 0.407 e. The van der Waals surface area contributed by atoms with Gasteiger partial charge in [-0.1, -0.05) is 0 Å². The zero-order chi connectivity index (χ0) is 16.9. The van der Waals surface area contributed by atoms with Crippen LogP contribution in [0.25, 0.3) is 0 Å². The van der Waals surface area contributed by atoms with Gasteiger partial charge in [-0.3, -0.25) is 9.88 Å². The van der Waals surface area contributed by atoms with E-state index in [2.05, 4.69) is 20.2 Å². The van der Waals surface area contributed by atoms with Crippen molar-refractivity contribution in [2.45, 2.75) is 56.8 Å². The number of amides is 1. The number of carbonyl (C=O) groups excluding carboxylic acids is 1. The lowest BCUT2D eigenvalue weighted by Gasteiger charge is -2.33. The van der Waals surface area contributed by atoms with Gasteiger partial charge in [0.1, 0.15) is 10.6 Å². The largest absolute Gasteiger partial charge is 0.444 e. The molecule has 7 heteroatoms. The van der Waals surface area contributed by atoms with E-state index in [-0.39, 0.29) is 12.1 Å². The molecule has 1 atom stereocenters. The lowest BCUT2D eigenvalue weighted by molar-refractivity contribution is 0.0469. The van der Waals surface area contributed by atoms with Crippen molar-refractivity contribution < 1.29 is 9.53 Å². The molecule has 128 valence electrons. The van der Waals surface area contributed by atoms with E-state index in [1.54, 1.807) is 24.2 Å². The minimum Gasteiger partial charge on any atom is -0.444 e. The van der Waals surface area contributed by atoms with Crippen LogP contribution in [0.3, 0.4) is 0 Å². The summed E-state index contributed by atoms with van der Waals surface area (Å²) in [6.45, 7) is 8.20. The average Bonchev–Trinajstić information content (AvgIpc) is 2.46. The summed E-state index contributed by atoms with van der Waals surface area (Å²) in [5.41, 5.74) is 0.531. The van der Waals surface area contributed by atoms with Gasteiger partial charge >= 0.3 is 6.09 Å². The molecule has 1 amide bonds. The second-order valence-corrected chi connectivity index (χ2v) is 7.53. The summed E-state index contributed by atoms with van der Waals surface area (Å²) in [6, 6.07) is 0.119. The molecule has 6 nitrogen and oxygen atoms in total. The van der Waals surface area contributed by atoms with Crippen LogP contribution in [0.1, 0.15) is 39.3 Å². The van der Waals surface area contributed by atoms with Crippen molar-refractivity contribution in [3.05, 3.63) is 18.1 Å². The van der Waals surface area contributed by atoms with Crippen LogP contribution in [0.5, 0.6) is 0 Å². The molecule has 1 aromatic heterocycles. The van der Waals surface area contributed by atoms with E-state index in [4.69, 9.17) is 4.74 Å². The highest BCUT2D eigenvalue weighted by atomic mass is 32.2. The van der Waals surface area contributed by atoms with Crippen molar-refractivity contribution in [2.24, 2.45) is 0 Å². The SMILES string of the molecule is CSc1nccnc1CN1CCC[C@@H](NC(=O)OC(C)(C)C)C1. The van der Waals surface area contributed by atoms with E-state index >= 15 is 0 Å².